The highest BCUT2D eigenvalue weighted by atomic mass is 19.1. The zero-order valence-electron chi connectivity index (χ0n) is 12.4. The molecular formula is C16H20FN3O2. The number of rotatable bonds is 5. The molecule has 0 fully saturated rings. The Kier molecular flexibility index (Phi) is 5.30. The van der Waals surface area contributed by atoms with Gasteiger partial charge in [0.2, 0.25) is 0 Å². The van der Waals surface area contributed by atoms with Crippen LogP contribution in [0, 0.1) is 5.82 Å². The first-order chi connectivity index (χ1) is 10.5. The van der Waals surface area contributed by atoms with Crippen LogP contribution in [-0.4, -0.2) is 24.4 Å². The molecule has 1 aliphatic rings. The van der Waals surface area contributed by atoms with E-state index < -0.39 is 11.8 Å². The summed E-state index contributed by atoms with van der Waals surface area (Å²) in [5, 5.41) is 5.85. The van der Waals surface area contributed by atoms with Crippen molar-refractivity contribution in [2.45, 2.75) is 25.2 Å². The van der Waals surface area contributed by atoms with E-state index in [0.29, 0.717) is 13.2 Å². The summed E-state index contributed by atoms with van der Waals surface area (Å²) in [6, 6.07) is 5.97. The molecule has 0 saturated heterocycles. The van der Waals surface area contributed by atoms with Gasteiger partial charge in [0.15, 0.2) is 0 Å². The molecule has 5 nitrogen and oxygen atoms in total. The summed E-state index contributed by atoms with van der Waals surface area (Å²) < 4.78 is 17.7. The molecule has 0 unspecified atom stereocenters. The van der Waals surface area contributed by atoms with Crippen molar-refractivity contribution in [3.05, 3.63) is 60.0 Å². The predicted molar refractivity (Wildman–Crippen MR) is 82.4 cm³/mol. The Morgan fingerprint density at radius 3 is 2.55 bits per heavy atom. The lowest BCUT2D eigenvalue weighted by Crippen LogP contribution is -2.51. The van der Waals surface area contributed by atoms with Crippen molar-refractivity contribution in [2.75, 3.05) is 6.61 Å². The van der Waals surface area contributed by atoms with Crippen molar-refractivity contribution < 1.29 is 13.9 Å². The average Bonchev–Trinajstić information content (AvgIpc) is 2.50. The van der Waals surface area contributed by atoms with E-state index in [1.165, 1.54) is 12.1 Å². The third-order valence-corrected chi connectivity index (χ3v) is 3.23. The molecule has 0 saturated carbocycles. The van der Waals surface area contributed by atoms with E-state index in [-0.39, 0.29) is 11.9 Å². The van der Waals surface area contributed by atoms with Gasteiger partial charge in [-0.3, -0.25) is 5.32 Å². The molecule has 1 aromatic rings. The molecule has 0 bridgehead atoms. The standard InChI is InChI=1S/C16H20FN3O2/c1-2-22-15(21)20-14-7-9-16(18,10-8-14)19-11-12-3-5-13(17)6-4-12/h3-10,14,19H,2,11,18H2,1H3,(H,20,21). The van der Waals surface area contributed by atoms with Crippen LogP contribution in [0.15, 0.2) is 48.6 Å². The van der Waals surface area contributed by atoms with Gasteiger partial charge in [0.25, 0.3) is 0 Å². The van der Waals surface area contributed by atoms with Gasteiger partial charge in [-0.05, 0) is 36.8 Å². The van der Waals surface area contributed by atoms with Gasteiger partial charge in [0.1, 0.15) is 11.5 Å². The Bertz CT molecular complexity index is 555. The van der Waals surface area contributed by atoms with Crippen molar-refractivity contribution in [3.8, 4) is 0 Å². The first-order valence-corrected chi connectivity index (χ1v) is 7.11. The zero-order chi connectivity index (χ0) is 16.0. The Morgan fingerprint density at radius 1 is 1.32 bits per heavy atom. The van der Waals surface area contributed by atoms with Crippen LogP contribution in [0.3, 0.4) is 0 Å². The number of benzene rings is 1. The summed E-state index contributed by atoms with van der Waals surface area (Å²) in [6.07, 6.45) is 6.65. The topological polar surface area (TPSA) is 76.4 Å². The summed E-state index contributed by atoms with van der Waals surface area (Å²) in [6.45, 7) is 2.57. The normalized spacial score (nSPS) is 23.3. The van der Waals surface area contributed by atoms with Crippen LogP contribution in [0.25, 0.3) is 0 Å². The first-order valence-electron chi connectivity index (χ1n) is 7.11. The quantitative estimate of drug-likeness (QED) is 0.573. The highest BCUT2D eigenvalue weighted by Crippen LogP contribution is 2.12. The number of halogens is 1. The Labute approximate surface area is 129 Å². The monoisotopic (exact) mass is 305 g/mol. The Balaban J connectivity index is 1.86. The maximum atomic E-state index is 12.8. The molecule has 0 radical (unpaired) electrons. The second kappa shape index (κ2) is 7.20. The molecule has 2 rings (SSSR count). The molecule has 118 valence electrons. The van der Waals surface area contributed by atoms with Gasteiger partial charge in [-0.15, -0.1) is 0 Å². The second-order valence-corrected chi connectivity index (χ2v) is 5.02. The lowest BCUT2D eigenvalue weighted by atomic mass is 10.0. The number of carbonyl (C=O) groups is 1. The summed E-state index contributed by atoms with van der Waals surface area (Å²) in [4.78, 5) is 11.3. The summed E-state index contributed by atoms with van der Waals surface area (Å²) in [5.41, 5.74) is 6.31. The minimum absolute atomic E-state index is 0.247. The second-order valence-electron chi connectivity index (χ2n) is 5.02. The number of nitrogens with one attached hydrogen (secondary N) is 2. The fraction of sp³-hybridized carbons (Fsp3) is 0.312. The van der Waals surface area contributed by atoms with Gasteiger partial charge in [-0.2, -0.15) is 0 Å². The van der Waals surface area contributed by atoms with Crippen molar-refractivity contribution in [1.29, 1.82) is 0 Å². The predicted octanol–water partition coefficient (Wildman–Crippen LogP) is 1.81. The summed E-state index contributed by atoms with van der Waals surface area (Å²) in [5.74, 6) is -0.267. The largest absolute Gasteiger partial charge is 0.450 e. The molecular weight excluding hydrogens is 285 g/mol. The molecule has 22 heavy (non-hydrogen) atoms. The van der Waals surface area contributed by atoms with Gasteiger partial charge in [-0.1, -0.05) is 24.3 Å². The molecule has 0 aliphatic heterocycles. The molecule has 1 aromatic carbocycles. The maximum absolute atomic E-state index is 12.8. The Morgan fingerprint density at radius 2 is 1.95 bits per heavy atom. The lowest BCUT2D eigenvalue weighted by Gasteiger charge is -2.28. The van der Waals surface area contributed by atoms with E-state index in [4.69, 9.17) is 10.5 Å². The molecule has 4 N–H and O–H groups in total. The maximum Gasteiger partial charge on any atom is 0.407 e. The average molecular weight is 305 g/mol. The Hall–Kier alpha value is -2.18. The van der Waals surface area contributed by atoms with E-state index in [1.54, 1.807) is 43.4 Å². The number of ether oxygens (including phenoxy) is 1. The van der Waals surface area contributed by atoms with E-state index >= 15 is 0 Å². The lowest BCUT2D eigenvalue weighted by molar-refractivity contribution is 0.151. The van der Waals surface area contributed by atoms with Crippen LogP contribution < -0.4 is 16.4 Å². The van der Waals surface area contributed by atoms with Crippen LogP contribution in [0.4, 0.5) is 9.18 Å². The zero-order valence-corrected chi connectivity index (χ0v) is 12.4. The van der Waals surface area contributed by atoms with Gasteiger partial charge in [0, 0.05) is 6.54 Å². The van der Waals surface area contributed by atoms with Crippen LogP contribution >= 0.6 is 0 Å². The summed E-state index contributed by atoms with van der Waals surface area (Å²) in [7, 11) is 0. The van der Waals surface area contributed by atoms with Gasteiger partial charge >= 0.3 is 6.09 Å². The van der Waals surface area contributed by atoms with Gasteiger partial charge < -0.3 is 15.8 Å². The number of alkyl carbamates (subject to hydrolysis) is 1. The highest BCUT2D eigenvalue weighted by Gasteiger charge is 2.22. The van der Waals surface area contributed by atoms with Crippen molar-refractivity contribution >= 4 is 6.09 Å². The van der Waals surface area contributed by atoms with Crippen molar-refractivity contribution in [3.63, 3.8) is 0 Å². The van der Waals surface area contributed by atoms with Gasteiger partial charge in [0.05, 0.1) is 12.6 Å². The van der Waals surface area contributed by atoms with E-state index in [1.807, 2.05) is 0 Å². The van der Waals surface area contributed by atoms with Crippen LogP contribution in [0.1, 0.15) is 12.5 Å². The van der Waals surface area contributed by atoms with E-state index in [2.05, 4.69) is 10.6 Å². The third-order valence-electron chi connectivity index (χ3n) is 3.23. The van der Waals surface area contributed by atoms with E-state index in [9.17, 15) is 9.18 Å². The molecule has 1 amide bonds. The molecule has 1 aliphatic carbocycles. The minimum atomic E-state index is -0.804. The molecule has 6 heteroatoms. The van der Waals surface area contributed by atoms with Gasteiger partial charge in [-0.25, -0.2) is 9.18 Å². The number of nitrogens with two attached hydrogens (primary N) is 1. The number of hydrogen-bond donors (Lipinski definition) is 3. The highest BCUT2D eigenvalue weighted by molar-refractivity contribution is 5.68. The summed E-state index contributed by atoms with van der Waals surface area (Å²) >= 11 is 0. The van der Waals surface area contributed by atoms with Crippen molar-refractivity contribution in [2.24, 2.45) is 5.73 Å². The fourth-order valence-corrected chi connectivity index (χ4v) is 2.03. The fourth-order valence-electron chi connectivity index (χ4n) is 2.03. The molecule has 0 aromatic heterocycles. The smallest absolute Gasteiger partial charge is 0.407 e. The number of amides is 1. The molecule has 0 spiro atoms. The number of hydrogen-bond acceptors (Lipinski definition) is 4. The third kappa shape index (κ3) is 4.68. The molecule has 0 heterocycles. The molecule has 0 atom stereocenters. The number of carbonyl (C=O) groups excluding carboxylic acids is 1. The van der Waals surface area contributed by atoms with Crippen LogP contribution in [0.5, 0.6) is 0 Å². The minimum Gasteiger partial charge on any atom is -0.450 e. The van der Waals surface area contributed by atoms with Crippen LogP contribution in [0.2, 0.25) is 0 Å². The van der Waals surface area contributed by atoms with Crippen molar-refractivity contribution in [1.82, 2.24) is 10.6 Å². The van der Waals surface area contributed by atoms with Crippen LogP contribution in [-0.2, 0) is 11.3 Å². The van der Waals surface area contributed by atoms with E-state index in [0.717, 1.165) is 5.56 Å². The SMILES string of the molecule is CCOC(=O)NC1C=CC(N)(NCc2ccc(F)cc2)C=C1. The first kappa shape index (κ1) is 16.2.